The van der Waals surface area contributed by atoms with Gasteiger partial charge in [0.2, 0.25) is 0 Å². The summed E-state index contributed by atoms with van der Waals surface area (Å²) < 4.78 is 10.7. The molecule has 0 bridgehead atoms. The van der Waals surface area contributed by atoms with Gasteiger partial charge < -0.3 is 21.3 Å². The lowest BCUT2D eigenvalue weighted by Crippen LogP contribution is -2.43. The highest BCUT2D eigenvalue weighted by Gasteiger charge is 2.34. The summed E-state index contributed by atoms with van der Waals surface area (Å²) in [7, 11) is -4.56. The van der Waals surface area contributed by atoms with Crippen molar-refractivity contribution in [1.29, 1.82) is 0 Å². The van der Waals surface area contributed by atoms with Gasteiger partial charge in [0.25, 0.3) is 0 Å². The van der Waals surface area contributed by atoms with Crippen LogP contribution < -0.4 is 11.5 Å². The molecule has 0 amide bonds. The van der Waals surface area contributed by atoms with Crippen LogP contribution in [-0.2, 0) is 9.36 Å². The molecule has 0 aromatic rings. The van der Waals surface area contributed by atoms with Crippen LogP contribution in [-0.4, -0.2) is 27.4 Å². The van der Waals surface area contributed by atoms with Crippen molar-refractivity contribution in [3.63, 3.8) is 0 Å². The zero-order chi connectivity index (χ0) is 11.5. The van der Waals surface area contributed by atoms with Crippen LogP contribution in [0.15, 0.2) is 0 Å². The summed E-state index contributed by atoms with van der Waals surface area (Å²) in [5.41, 5.74) is 10.5. The van der Waals surface area contributed by atoms with E-state index in [-0.39, 0.29) is 5.92 Å². The van der Waals surface area contributed by atoms with Gasteiger partial charge in [0.05, 0.1) is 6.04 Å². The van der Waals surface area contributed by atoms with Gasteiger partial charge in [0.15, 0.2) is 11.6 Å². The second-order valence-electron chi connectivity index (χ2n) is 3.67. The van der Waals surface area contributed by atoms with Gasteiger partial charge in [-0.15, -0.1) is 0 Å². The Morgan fingerprint density at radius 1 is 1.36 bits per heavy atom. The highest BCUT2D eigenvalue weighted by molar-refractivity contribution is 7.53. The molecule has 0 aromatic heterocycles. The third kappa shape index (κ3) is 4.30. The molecule has 0 heterocycles. The summed E-state index contributed by atoms with van der Waals surface area (Å²) in [6.07, 6.45) is 0.368. The summed E-state index contributed by atoms with van der Waals surface area (Å²) in [6.45, 7) is 3.71. The minimum Gasteiger partial charge on any atom is -0.323 e. The number of ketones is 1. The Morgan fingerprint density at radius 3 is 2.07 bits per heavy atom. The Hall–Kier alpha value is -0.260. The van der Waals surface area contributed by atoms with Crippen LogP contribution in [0.25, 0.3) is 0 Å². The van der Waals surface area contributed by atoms with E-state index in [2.05, 4.69) is 0 Å². The lowest BCUT2D eigenvalue weighted by atomic mass is 10.0. The topological polar surface area (TPSA) is 127 Å². The third-order valence-corrected chi connectivity index (χ3v) is 2.72. The lowest BCUT2D eigenvalue weighted by Gasteiger charge is -2.18. The van der Waals surface area contributed by atoms with Crippen molar-refractivity contribution in [2.75, 3.05) is 0 Å². The van der Waals surface area contributed by atoms with E-state index in [1.807, 2.05) is 13.8 Å². The van der Waals surface area contributed by atoms with Crippen LogP contribution >= 0.6 is 7.60 Å². The Bertz CT molecular complexity index is 250. The van der Waals surface area contributed by atoms with Crippen LogP contribution in [0.1, 0.15) is 20.3 Å². The molecule has 1 unspecified atom stereocenters. The summed E-state index contributed by atoms with van der Waals surface area (Å²) >= 11 is 0. The smallest absolute Gasteiger partial charge is 0.323 e. The van der Waals surface area contributed by atoms with Crippen molar-refractivity contribution in [3.05, 3.63) is 0 Å². The molecule has 14 heavy (non-hydrogen) atoms. The summed E-state index contributed by atoms with van der Waals surface area (Å²) in [5.74, 6) is -2.40. The maximum atomic E-state index is 11.3. The van der Waals surface area contributed by atoms with Crippen LogP contribution in [0.3, 0.4) is 0 Å². The predicted molar refractivity (Wildman–Crippen MR) is 52.5 cm³/mol. The van der Waals surface area contributed by atoms with Gasteiger partial charge >= 0.3 is 7.60 Å². The first kappa shape index (κ1) is 13.7. The largest absolute Gasteiger partial charge is 0.349 e. The van der Waals surface area contributed by atoms with E-state index < -0.39 is 25.2 Å². The summed E-state index contributed by atoms with van der Waals surface area (Å²) in [6, 6.07) is -0.905. The van der Waals surface area contributed by atoms with Crippen molar-refractivity contribution in [3.8, 4) is 0 Å². The highest BCUT2D eigenvalue weighted by atomic mass is 31.2. The van der Waals surface area contributed by atoms with E-state index in [1.54, 1.807) is 0 Å². The molecular weight excluding hydrogens is 207 g/mol. The monoisotopic (exact) mass is 224 g/mol. The van der Waals surface area contributed by atoms with Gasteiger partial charge in [-0.3, -0.25) is 9.36 Å². The van der Waals surface area contributed by atoms with Gasteiger partial charge in [-0.1, -0.05) is 13.8 Å². The maximum Gasteiger partial charge on any atom is 0.349 e. The molecule has 0 spiro atoms. The van der Waals surface area contributed by atoms with E-state index in [4.69, 9.17) is 21.3 Å². The zero-order valence-corrected chi connectivity index (χ0v) is 9.15. The highest BCUT2D eigenvalue weighted by Crippen LogP contribution is 2.38. The maximum absolute atomic E-state index is 11.3. The first-order valence-electron chi connectivity index (χ1n) is 4.26. The first-order chi connectivity index (χ1) is 6.16. The Morgan fingerprint density at radius 2 is 1.79 bits per heavy atom. The number of Topliss-reactive ketones (excluding diaryl/α,β-unsaturated/α-hetero) is 1. The first-order valence-corrected chi connectivity index (χ1v) is 5.94. The van der Waals surface area contributed by atoms with Crippen molar-refractivity contribution >= 4 is 13.4 Å². The Kier molecular flexibility index (Phi) is 4.91. The molecule has 0 aromatic carbocycles. The molecule has 0 saturated heterocycles. The number of hydrogen-bond acceptors (Lipinski definition) is 4. The predicted octanol–water partition coefficient (Wildman–Crippen LogP) is -0.609. The minimum absolute atomic E-state index is 0.179. The number of hydrogen-bond donors (Lipinski definition) is 4. The quantitative estimate of drug-likeness (QED) is 0.461. The Balaban J connectivity index is 4.40. The molecule has 2 atom stereocenters. The second kappa shape index (κ2) is 5.00. The number of carbonyl (C=O) groups is 1. The second-order valence-corrected chi connectivity index (χ2v) is 5.41. The van der Waals surface area contributed by atoms with Gasteiger partial charge in [-0.25, -0.2) is 0 Å². The third-order valence-electron chi connectivity index (χ3n) is 1.74. The molecule has 0 rings (SSSR count). The molecule has 84 valence electrons. The Labute approximate surface area is 82.8 Å². The molecule has 6 nitrogen and oxygen atoms in total. The van der Waals surface area contributed by atoms with E-state index in [9.17, 15) is 9.36 Å². The van der Waals surface area contributed by atoms with Gasteiger partial charge in [-0.2, -0.15) is 0 Å². The van der Waals surface area contributed by atoms with E-state index >= 15 is 0 Å². The number of carbonyl (C=O) groups excluding carboxylic acids is 1. The van der Waals surface area contributed by atoms with E-state index in [0.717, 1.165) is 0 Å². The standard InChI is InChI=1S/C7H17N2O4P/c1-4(2)3-5(8)6(10)7(9)14(11,12)13/h4-5,7H,3,8-9H2,1-2H3,(H2,11,12,13)/t5-,7?/m0/s1. The fraction of sp³-hybridized carbons (Fsp3) is 0.857. The van der Waals surface area contributed by atoms with Crippen molar-refractivity contribution < 1.29 is 19.1 Å². The van der Waals surface area contributed by atoms with E-state index in [0.29, 0.717) is 6.42 Å². The SMILES string of the molecule is CC(C)C[C@H](N)C(=O)C(N)P(=O)(O)O. The fourth-order valence-corrected chi connectivity index (χ4v) is 1.53. The molecule has 0 aliphatic heterocycles. The summed E-state index contributed by atoms with van der Waals surface area (Å²) in [4.78, 5) is 28.6. The molecule has 0 radical (unpaired) electrons. The van der Waals surface area contributed by atoms with Crippen molar-refractivity contribution in [2.45, 2.75) is 32.1 Å². The van der Waals surface area contributed by atoms with Crippen LogP contribution in [0, 0.1) is 5.92 Å². The summed E-state index contributed by atoms with van der Waals surface area (Å²) in [5, 5.41) is 0. The zero-order valence-electron chi connectivity index (χ0n) is 8.25. The molecule has 0 fully saturated rings. The van der Waals surface area contributed by atoms with Gasteiger partial charge in [0, 0.05) is 0 Å². The average molecular weight is 224 g/mol. The van der Waals surface area contributed by atoms with Crippen LogP contribution in [0.4, 0.5) is 0 Å². The van der Waals surface area contributed by atoms with Crippen LogP contribution in [0.2, 0.25) is 0 Å². The molecular formula is C7H17N2O4P. The number of nitrogens with two attached hydrogens (primary N) is 2. The van der Waals surface area contributed by atoms with Gasteiger partial charge in [-0.05, 0) is 12.3 Å². The molecule has 0 saturated carbocycles. The van der Waals surface area contributed by atoms with Crippen molar-refractivity contribution in [2.24, 2.45) is 17.4 Å². The molecule has 6 N–H and O–H groups in total. The van der Waals surface area contributed by atoms with E-state index in [1.165, 1.54) is 0 Å². The number of rotatable bonds is 5. The molecule has 7 heteroatoms. The van der Waals surface area contributed by atoms with Gasteiger partial charge in [0.1, 0.15) is 0 Å². The average Bonchev–Trinajstić information content (AvgIpc) is 1.98. The minimum atomic E-state index is -4.56. The fourth-order valence-electron chi connectivity index (χ4n) is 1.01. The lowest BCUT2D eigenvalue weighted by molar-refractivity contribution is -0.120. The normalized spacial score (nSPS) is 16.8. The molecule has 0 aliphatic rings. The van der Waals surface area contributed by atoms with Crippen LogP contribution in [0.5, 0.6) is 0 Å². The molecule has 0 aliphatic carbocycles. The van der Waals surface area contributed by atoms with Crippen molar-refractivity contribution in [1.82, 2.24) is 0 Å².